The maximum atomic E-state index is 6.40. The lowest BCUT2D eigenvalue weighted by molar-refractivity contribution is 0.329. The van der Waals surface area contributed by atoms with Crippen molar-refractivity contribution in [2.24, 2.45) is 5.73 Å². The molecule has 0 aliphatic carbocycles. The minimum atomic E-state index is 0.141. The molecule has 0 fully saturated rings. The van der Waals surface area contributed by atoms with Crippen LogP contribution in [-0.4, -0.2) is 5.54 Å². The SMILES string of the molecule is CCCCCCCC(N)(CC)CCCC. The largest absolute Gasteiger partial charge is 0.325 e. The molecule has 0 saturated heterocycles. The van der Waals surface area contributed by atoms with E-state index in [2.05, 4.69) is 20.8 Å². The Hall–Kier alpha value is -0.0400. The highest BCUT2D eigenvalue weighted by molar-refractivity contribution is 4.82. The summed E-state index contributed by atoms with van der Waals surface area (Å²) in [5, 5.41) is 0. The third-order valence-corrected chi connectivity index (χ3v) is 3.51. The monoisotopic (exact) mass is 213 g/mol. The summed E-state index contributed by atoms with van der Waals surface area (Å²) >= 11 is 0. The second-order valence-corrected chi connectivity index (χ2v) is 4.98. The Morgan fingerprint density at radius 3 is 1.80 bits per heavy atom. The van der Waals surface area contributed by atoms with Crippen LogP contribution in [-0.2, 0) is 0 Å². The van der Waals surface area contributed by atoms with Crippen LogP contribution in [0, 0.1) is 0 Å². The number of rotatable bonds is 10. The molecule has 1 unspecified atom stereocenters. The van der Waals surface area contributed by atoms with Gasteiger partial charge in [0.15, 0.2) is 0 Å². The van der Waals surface area contributed by atoms with E-state index in [-0.39, 0.29) is 5.54 Å². The molecule has 0 radical (unpaired) electrons. The molecule has 1 atom stereocenters. The van der Waals surface area contributed by atoms with E-state index in [1.54, 1.807) is 0 Å². The number of hydrogen-bond donors (Lipinski definition) is 1. The second kappa shape index (κ2) is 9.21. The molecule has 0 amide bonds. The average molecular weight is 213 g/mol. The van der Waals surface area contributed by atoms with Gasteiger partial charge >= 0.3 is 0 Å². The Bertz CT molecular complexity index is 133. The molecule has 0 heterocycles. The fraction of sp³-hybridized carbons (Fsp3) is 1.00. The zero-order chi connectivity index (χ0) is 11.6. The van der Waals surface area contributed by atoms with Crippen LogP contribution in [0.1, 0.15) is 85.0 Å². The Labute approximate surface area is 96.8 Å². The molecule has 0 rings (SSSR count). The molecule has 0 saturated carbocycles. The van der Waals surface area contributed by atoms with Gasteiger partial charge < -0.3 is 5.73 Å². The van der Waals surface area contributed by atoms with Crippen LogP contribution in [0.5, 0.6) is 0 Å². The predicted octanol–water partition coefficient (Wildman–Crippen LogP) is 4.64. The van der Waals surface area contributed by atoms with E-state index >= 15 is 0 Å². The lowest BCUT2D eigenvalue weighted by Gasteiger charge is -2.28. The molecule has 0 spiro atoms. The molecular weight excluding hydrogens is 182 g/mol. The Balaban J connectivity index is 3.58. The van der Waals surface area contributed by atoms with Crippen molar-refractivity contribution >= 4 is 0 Å². The summed E-state index contributed by atoms with van der Waals surface area (Å²) in [6, 6.07) is 0. The predicted molar refractivity (Wildman–Crippen MR) is 70.1 cm³/mol. The van der Waals surface area contributed by atoms with Gasteiger partial charge in [0.05, 0.1) is 0 Å². The number of nitrogens with two attached hydrogens (primary N) is 1. The first-order valence-electron chi connectivity index (χ1n) is 6.97. The molecule has 2 N–H and O–H groups in total. The Morgan fingerprint density at radius 2 is 1.27 bits per heavy atom. The van der Waals surface area contributed by atoms with Crippen molar-refractivity contribution in [2.75, 3.05) is 0 Å². The lowest BCUT2D eigenvalue weighted by atomic mass is 9.85. The summed E-state index contributed by atoms with van der Waals surface area (Å²) in [7, 11) is 0. The van der Waals surface area contributed by atoms with Crippen molar-refractivity contribution in [1.82, 2.24) is 0 Å². The van der Waals surface area contributed by atoms with E-state index in [0.29, 0.717) is 0 Å². The highest BCUT2D eigenvalue weighted by Gasteiger charge is 2.20. The zero-order valence-corrected chi connectivity index (χ0v) is 11.1. The van der Waals surface area contributed by atoms with Gasteiger partial charge in [0.1, 0.15) is 0 Å². The summed E-state index contributed by atoms with van der Waals surface area (Å²) < 4.78 is 0. The Morgan fingerprint density at radius 1 is 0.733 bits per heavy atom. The van der Waals surface area contributed by atoms with Gasteiger partial charge in [-0.2, -0.15) is 0 Å². The summed E-state index contributed by atoms with van der Waals surface area (Å²) in [6.45, 7) is 6.75. The molecule has 0 aromatic carbocycles. The Kier molecular flexibility index (Phi) is 9.18. The highest BCUT2D eigenvalue weighted by atomic mass is 14.7. The highest BCUT2D eigenvalue weighted by Crippen LogP contribution is 2.22. The van der Waals surface area contributed by atoms with E-state index in [9.17, 15) is 0 Å². The van der Waals surface area contributed by atoms with E-state index in [1.807, 2.05) is 0 Å². The van der Waals surface area contributed by atoms with E-state index < -0.39 is 0 Å². The molecule has 0 aromatic rings. The molecule has 0 aliphatic heterocycles. The molecule has 0 aliphatic rings. The lowest BCUT2D eigenvalue weighted by Crippen LogP contribution is -2.38. The molecular formula is C14H31N. The maximum absolute atomic E-state index is 6.40. The first-order chi connectivity index (χ1) is 7.18. The standard InChI is InChI=1S/C14H31N/c1-4-7-9-10-11-13-14(15,6-3)12-8-5-2/h4-13,15H2,1-3H3. The number of hydrogen-bond acceptors (Lipinski definition) is 1. The first-order valence-corrected chi connectivity index (χ1v) is 6.97. The van der Waals surface area contributed by atoms with Gasteiger partial charge in [0.2, 0.25) is 0 Å². The topological polar surface area (TPSA) is 26.0 Å². The van der Waals surface area contributed by atoms with Gasteiger partial charge in [-0.15, -0.1) is 0 Å². The normalized spacial score (nSPS) is 15.2. The van der Waals surface area contributed by atoms with Crippen LogP contribution >= 0.6 is 0 Å². The average Bonchev–Trinajstić information content (AvgIpc) is 2.26. The van der Waals surface area contributed by atoms with Crippen LogP contribution < -0.4 is 5.73 Å². The van der Waals surface area contributed by atoms with E-state index in [0.717, 1.165) is 6.42 Å². The summed E-state index contributed by atoms with van der Waals surface area (Å²) in [5.41, 5.74) is 6.54. The third-order valence-electron chi connectivity index (χ3n) is 3.51. The molecule has 92 valence electrons. The van der Waals surface area contributed by atoms with Crippen LogP contribution in [0.3, 0.4) is 0 Å². The van der Waals surface area contributed by atoms with Crippen molar-refractivity contribution < 1.29 is 0 Å². The fourth-order valence-corrected chi connectivity index (χ4v) is 2.09. The van der Waals surface area contributed by atoms with Gasteiger partial charge in [-0.25, -0.2) is 0 Å². The zero-order valence-electron chi connectivity index (χ0n) is 11.1. The second-order valence-electron chi connectivity index (χ2n) is 4.98. The van der Waals surface area contributed by atoms with Crippen LogP contribution in [0.15, 0.2) is 0 Å². The maximum Gasteiger partial charge on any atom is 0.0151 e. The van der Waals surface area contributed by atoms with Gasteiger partial charge in [-0.3, -0.25) is 0 Å². The fourth-order valence-electron chi connectivity index (χ4n) is 2.09. The van der Waals surface area contributed by atoms with E-state index in [1.165, 1.54) is 57.8 Å². The van der Waals surface area contributed by atoms with Crippen molar-refractivity contribution in [3.05, 3.63) is 0 Å². The quantitative estimate of drug-likeness (QED) is 0.525. The van der Waals surface area contributed by atoms with Crippen molar-refractivity contribution in [1.29, 1.82) is 0 Å². The minimum Gasteiger partial charge on any atom is -0.325 e. The molecule has 1 nitrogen and oxygen atoms in total. The smallest absolute Gasteiger partial charge is 0.0151 e. The van der Waals surface area contributed by atoms with Crippen molar-refractivity contribution in [3.63, 3.8) is 0 Å². The summed E-state index contributed by atoms with van der Waals surface area (Å²) in [5.74, 6) is 0. The van der Waals surface area contributed by atoms with Crippen LogP contribution in [0.25, 0.3) is 0 Å². The van der Waals surface area contributed by atoms with E-state index in [4.69, 9.17) is 5.73 Å². The van der Waals surface area contributed by atoms with Crippen LogP contribution in [0.2, 0.25) is 0 Å². The summed E-state index contributed by atoms with van der Waals surface area (Å²) in [4.78, 5) is 0. The molecule has 15 heavy (non-hydrogen) atoms. The molecule has 0 aromatic heterocycles. The third kappa shape index (κ3) is 7.84. The van der Waals surface area contributed by atoms with Gasteiger partial charge in [0.25, 0.3) is 0 Å². The molecule has 1 heteroatoms. The first kappa shape index (κ1) is 15.0. The van der Waals surface area contributed by atoms with Gasteiger partial charge in [-0.1, -0.05) is 65.7 Å². The molecule has 0 bridgehead atoms. The summed E-state index contributed by atoms with van der Waals surface area (Å²) in [6.07, 6.45) is 13.0. The van der Waals surface area contributed by atoms with Gasteiger partial charge in [0, 0.05) is 5.54 Å². The minimum absolute atomic E-state index is 0.141. The number of unbranched alkanes of at least 4 members (excludes halogenated alkanes) is 5. The van der Waals surface area contributed by atoms with Gasteiger partial charge in [-0.05, 0) is 19.3 Å². The van der Waals surface area contributed by atoms with Crippen LogP contribution in [0.4, 0.5) is 0 Å². The van der Waals surface area contributed by atoms with Crippen molar-refractivity contribution in [3.8, 4) is 0 Å². The van der Waals surface area contributed by atoms with Crippen molar-refractivity contribution in [2.45, 2.75) is 90.5 Å².